The molecule has 0 radical (unpaired) electrons. The Morgan fingerprint density at radius 3 is 2.47 bits per heavy atom. The monoisotopic (exact) mass is 587 g/mol. The van der Waals surface area contributed by atoms with E-state index in [0.29, 0.717) is 35.1 Å². The molecule has 1 aliphatic heterocycles. The molecule has 3 aromatic rings. The zero-order valence-electron chi connectivity index (χ0n) is 20.3. The van der Waals surface area contributed by atoms with E-state index in [2.05, 4.69) is 22.5 Å². The largest absolute Gasteiger partial charge is 0.406 e. The van der Waals surface area contributed by atoms with Crippen molar-refractivity contribution in [1.82, 2.24) is 4.57 Å². The minimum absolute atomic E-state index is 0.00765. The van der Waals surface area contributed by atoms with Crippen LogP contribution in [-0.4, -0.2) is 57.9 Å². The zero-order valence-corrected chi connectivity index (χ0v) is 22.7. The topological polar surface area (TPSA) is 97.3 Å². The van der Waals surface area contributed by atoms with E-state index < -0.39 is 32.4 Å². The lowest BCUT2D eigenvalue weighted by Gasteiger charge is -2.24. The van der Waals surface area contributed by atoms with Gasteiger partial charge in [-0.25, -0.2) is 16.8 Å². The van der Waals surface area contributed by atoms with Crippen LogP contribution in [0.15, 0.2) is 47.4 Å². The summed E-state index contributed by atoms with van der Waals surface area (Å²) in [5.74, 6) is 5.76. The number of nitrogens with one attached hydrogen (secondary N) is 2. The summed E-state index contributed by atoms with van der Waals surface area (Å²) in [6, 6.07) is 10.8. The van der Waals surface area contributed by atoms with Gasteiger partial charge in [-0.3, -0.25) is 0 Å². The number of halogens is 4. The molecule has 2 heterocycles. The quantitative estimate of drug-likeness (QED) is 0.405. The molecular formula is C25H25ClF3N3O4S2. The van der Waals surface area contributed by atoms with Crippen LogP contribution in [0.4, 0.5) is 24.5 Å². The molecule has 1 aromatic heterocycles. The highest BCUT2D eigenvalue weighted by atomic mass is 35.5. The van der Waals surface area contributed by atoms with E-state index in [4.69, 9.17) is 11.6 Å². The van der Waals surface area contributed by atoms with Crippen molar-refractivity contribution < 1.29 is 30.0 Å². The maximum absolute atomic E-state index is 13.4. The van der Waals surface area contributed by atoms with E-state index in [-0.39, 0.29) is 39.7 Å². The fourth-order valence-corrected chi connectivity index (χ4v) is 7.13. The maximum Gasteiger partial charge on any atom is 0.406 e. The fraction of sp³-hybridized carbons (Fsp3) is 0.360. The standard InChI is InChI=1S/C25H25ClF3N3O4S2/c1-37(33,34)24-8-7-18(14-21(24)26)30-11-3-4-19-15-20-22(31-17-9-12-38(35,36)13-10-17)5-2-6-23(20)32(19)16-25(27,28)29/h2,5-8,14-15,17,30-31H,9-13,16H2,1H3. The molecule has 2 N–H and O–H groups in total. The Morgan fingerprint density at radius 1 is 1.13 bits per heavy atom. The van der Waals surface area contributed by atoms with Gasteiger partial charge in [0.1, 0.15) is 16.4 Å². The van der Waals surface area contributed by atoms with Gasteiger partial charge in [-0.15, -0.1) is 0 Å². The normalized spacial score (nSPS) is 16.1. The first kappa shape index (κ1) is 28.1. The Kier molecular flexibility index (Phi) is 7.93. The molecular weight excluding hydrogens is 563 g/mol. The van der Waals surface area contributed by atoms with E-state index >= 15 is 0 Å². The molecule has 4 rings (SSSR count). The van der Waals surface area contributed by atoms with Crippen molar-refractivity contribution in [2.75, 3.05) is 34.9 Å². The second-order valence-electron chi connectivity index (χ2n) is 9.11. The molecule has 0 aliphatic carbocycles. The fourth-order valence-electron chi connectivity index (χ4n) is 4.31. The maximum atomic E-state index is 13.4. The van der Waals surface area contributed by atoms with Gasteiger partial charge >= 0.3 is 6.18 Å². The van der Waals surface area contributed by atoms with Crippen LogP contribution in [0.1, 0.15) is 18.5 Å². The van der Waals surface area contributed by atoms with Crippen molar-refractivity contribution >= 4 is 53.6 Å². The third-order valence-electron chi connectivity index (χ3n) is 6.13. The lowest BCUT2D eigenvalue weighted by Crippen LogP contribution is -2.32. The molecule has 0 spiro atoms. The van der Waals surface area contributed by atoms with Gasteiger partial charge in [0, 0.05) is 29.1 Å². The molecule has 13 heteroatoms. The van der Waals surface area contributed by atoms with Crippen LogP contribution in [0.25, 0.3) is 10.9 Å². The van der Waals surface area contributed by atoms with Gasteiger partial charge < -0.3 is 15.2 Å². The number of benzene rings is 2. The first-order valence-electron chi connectivity index (χ1n) is 11.6. The molecule has 0 bridgehead atoms. The minimum atomic E-state index is -4.47. The number of hydrogen-bond donors (Lipinski definition) is 2. The molecule has 2 aromatic carbocycles. The van der Waals surface area contributed by atoms with Crippen LogP contribution < -0.4 is 10.6 Å². The number of aromatic nitrogens is 1. The summed E-state index contributed by atoms with van der Waals surface area (Å²) in [6.45, 7) is -1.15. The van der Waals surface area contributed by atoms with Crippen LogP contribution in [0.3, 0.4) is 0 Å². The number of rotatable bonds is 6. The predicted molar refractivity (Wildman–Crippen MR) is 143 cm³/mol. The highest BCUT2D eigenvalue weighted by Gasteiger charge is 2.30. The van der Waals surface area contributed by atoms with Crippen molar-refractivity contribution in [1.29, 1.82) is 0 Å². The van der Waals surface area contributed by atoms with E-state index in [1.807, 2.05) is 0 Å². The van der Waals surface area contributed by atoms with Gasteiger partial charge in [-0.2, -0.15) is 13.2 Å². The van der Waals surface area contributed by atoms with Crippen molar-refractivity contribution in [2.24, 2.45) is 0 Å². The van der Waals surface area contributed by atoms with Gasteiger partial charge in [0.05, 0.1) is 39.2 Å². The zero-order chi connectivity index (χ0) is 27.7. The molecule has 38 heavy (non-hydrogen) atoms. The summed E-state index contributed by atoms with van der Waals surface area (Å²) >= 11 is 6.05. The van der Waals surface area contributed by atoms with Gasteiger partial charge in [-0.05, 0) is 55.2 Å². The Labute approximate surface area is 224 Å². The molecule has 0 saturated carbocycles. The molecule has 1 aliphatic rings. The first-order chi connectivity index (χ1) is 17.7. The Morgan fingerprint density at radius 2 is 1.84 bits per heavy atom. The van der Waals surface area contributed by atoms with E-state index in [1.165, 1.54) is 18.2 Å². The lowest BCUT2D eigenvalue weighted by atomic mass is 10.1. The molecule has 204 valence electrons. The first-order valence-corrected chi connectivity index (χ1v) is 15.7. The molecule has 0 atom stereocenters. The molecule has 1 fully saturated rings. The average molecular weight is 588 g/mol. The number of fused-ring (bicyclic) bond motifs is 1. The third kappa shape index (κ3) is 6.95. The smallest absolute Gasteiger partial charge is 0.382 e. The summed E-state index contributed by atoms with van der Waals surface area (Å²) < 4.78 is 88.3. The van der Waals surface area contributed by atoms with E-state index in [0.717, 1.165) is 10.8 Å². The molecule has 1 saturated heterocycles. The van der Waals surface area contributed by atoms with Crippen LogP contribution >= 0.6 is 11.6 Å². The Bertz CT molecular complexity index is 1630. The number of hydrogen-bond acceptors (Lipinski definition) is 6. The van der Waals surface area contributed by atoms with Crippen molar-refractivity contribution in [3.8, 4) is 11.8 Å². The van der Waals surface area contributed by atoms with Crippen molar-refractivity contribution in [2.45, 2.75) is 36.5 Å². The highest BCUT2D eigenvalue weighted by Crippen LogP contribution is 2.31. The third-order valence-corrected chi connectivity index (χ3v) is 9.42. The Hall–Kier alpha value is -2.88. The second kappa shape index (κ2) is 10.7. The summed E-state index contributed by atoms with van der Waals surface area (Å²) in [4.78, 5) is -0.00765. The number of anilines is 2. The number of nitrogens with zero attached hydrogens (tertiary/aromatic N) is 1. The average Bonchev–Trinajstić information content (AvgIpc) is 3.14. The summed E-state index contributed by atoms with van der Waals surface area (Å²) in [6.07, 6.45) is -2.57. The van der Waals surface area contributed by atoms with E-state index in [9.17, 15) is 30.0 Å². The minimum Gasteiger partial charge on any atom is -0.382 e. The second-order valence-corrected chi connectivity index (χ2v) is 13.8. The summed E-state index contributed by atoms with van der Waals surface area (Å²) in [5, 5.41) is 6.87. The van der Waals surface area contributed by atoms with Crippen LogP contribution in [-0.2, 0) is 26.2 Å². The van der Waals surface area contributed by atoms with Crippen LogP contribution in [0.2, 0.25) is 5.02 Å². The Balaban J connectivity index is 1.58. The van der Waals surface area contributed by atoms with Crippen molar-refractivity contribution in [3.63, 3.8) is 0 Å². The van der Waals surface area contributed by atoms with E-state index in [1.54, 1.807) is 24.3 Å². The van der Waals surface area contributed by atoms with Crippen molar-refractivity contribution in [3.05, 3.63) is 53.2 Å². The SMILES string of the molecule is CS(=O)(=O)c1ccc(NCC#Cc2cc3c(NC4CCS(=O)(=O)CC4)cccc3n2CC(F)(F)F)cc1Cl. The predicted octanol–water partition coefficient (Wildman–Crippen LogP) is 4.71. The molecule has 7 nitrogen and oxygen atoms in total. The van der Waals surface area contributed by atoms with Gasteiger partial charge in [-0.1, -0.05) is 23.6 Å². The lowest BCUT2D eigenvalue weighted by molar-refractivity contribution is -0.140. The van der Waals surface area contributed by atoms with Gasteiger partial charge in [0.25, 0.3) is 0 Å². The number of sulfone groups is 2. The van der Waals surface area contributed by atoms with Crippen LogP contribution in [0.5, 0.6) is 0 Å². The summed E-state index contributed by atoms with van der Waals surface area (Å²) in [7, 11) is -6.52. The molecule has 0 unspecified atom stereocenters. The number of alkyl halides is 3. The van der Waals surface area contributed by atoms with Gasteiger partial charge in [0.2, 0.25) is 0 Å². The summed E-state index contributed by atoms with van der Waals surface area (Å²) in [5.41, 5.74) is 1.66. The van der Waals surface area contributed by atoms with Crippen LogP contribution in [0, 0.1) is 11.8 Å². The highest BCUT2D eigenvalue weighted by molar-refractivity contribution is 7.91. The molecule has 0 amide bonds. The van der Waals surface area contributed by atoms with Gasteiger partial charge in [0.15, 0.2) is 9.84 Å².